The van der Waals surface area contributed by atoms with Crippen LogP contribution in [0.3, 0.4) is 0 Å². The van der Waals surface area contributed by atoms with E-state index in [1.54, 1.807) is 36.4 Å². The van der Waals surface area contributed by atoms with Crippen molar-refractivity contribution < 1.29 is 22.7 Å². The summed E-state index contributed by atoms with van der Waals surface area (Å²) in [5.74, 6) is 0.468. The molecule has 6 nitrogen and oxygen atoms in total. The van der Waals surface area contributed by atoms with Gasteiger partial charge < -0.3 is 20.7 Å². The lowest BCUT2D eigenvalue weighted by Gasteiger charge is -2.14. The molecular formula is C21H16BrF3N4O2S. The molecule has 1 amide bonds. The Bertz CT molecular complexity index is 1140. The Labute approximate surface area is 195 Å². The number of pyridine rings is 1. The number of rotatable bonds is 5. The summed E-state index contributed by atoms with van der Waals surface area (Å²) >= 11 is 8.11. The molecule has 2 aromatic carbocycles. The van der Waals surface area contributed by atoms with Crippen LogP contribution in [-0.4, -0.2) is 23.1 Å². The fourth-order valence-corrected chi connectivity index (χ4v) is 3.30. The van der Waals surface area contributed by atoms with Crippen molar-refractivity contribution in [2.75, 3.05) is 17.7 Å². The highest BCUT2D eigenvalue weighted by atomic mass is 79.9. The van der Waals surface area contributed by atoms with E-state index in [-0.39, 0.29) is 27.1 Å². The predicted molar refractivity (Wildman–Crippen MR) is 123 cm³/mol. The number of hydrogen-bond acceptors (Lipinski definition) is 4. The molecule has 32 heavy (non-hydrogen) atoms. The number of thiocarbonyl (C=S) groups is 1. The van der Waals surface area contributed by atoms with E-state index in [1.807, 2.05) is 0 Å². The molecule has 0 spiro atoms. The topological polar surface area (TPSA) is 75.3 Å². The first-order chi connectivity index (χ1) is 15.2. The minimum atomic E-state index is -4.50. The van der Waals surface area contributed by atoms with Gasteiger partial charge in [-0.05, 0) is 48.6 Å². The Morgan fingerprint density at radius 2 is 1.78 bits per heavy atom. The van der Waals surface area contributed by atoms with Crippen molar-refractivity contribution in [1.82, 2.24) is 10.3 Å². The molecule has 1 aromatic heterocycles. The van der Waals surface area contributed by atoms with Gasteiger partial charge in [0, 0.05) is 41.2 Å². The van der Waals surface area contributed by atoms with Gasteiger partial charge in [0.25, 0.3) is 5.91 Å². The van der Waals surface area contributed by atoms with E-state index in [2.05, 4.69) is 36.9 Å². The molecular weight excluding hydrogens is 509 g/mol. The van der Waals surface area contributed by atoms with Gasteiger partial charge in [-0.25, -0.2) is 4.98 Å². The molecule has 0 aliphatic rings. The lowest BCUT2D eigenvalue weighted by atomic mass is 10.2. The lowest BCUT2D eigenvalue weighted by molar-refractivity contribution is -0.138. The molecule has 0 bridgehead atoms. The highest BCUT2D eigenvalue weighted by molar-refractivity contribution is 9.10. The van der Waals surface area contributed by atoms with Gasteiger partial charge in [-0.3, -0.25) is 4.79 Å². The fraction of sp³-hybridized carbons (Fsp3) is 0.0952. The van der Waals surface area contributed by atoms with Gasteiger partial charge in [0.2, 0.25) is 5.88 Å². The summed E-state index contributed by atoms with van der Waals surface area (Å²) in [6.45, 7) is 0. The number of nitrogens with one attached hydrogen (secondary N) is 3. The Balaban J connectivity index is 1.66. The van der Waals surface area contributed by atoms with Crippen LogP contribution < -0.4 is 20.7 Å². The molecule has 3 rings (SSSR count). The van der Waals surface area contributed by atoms with Crippen LogP contribution in [0.2, 0.25) is 0 Å². The summed E-state index contributed by atoms with van der Waals surface area (Å²) in [5, 5.41) is 8.23. The number of hydrogen-bond donors (Lipinski definition) is 3. The minimum Gasteiger partial charge on any atom is -0.439 e. The van der Waals surface area contributed by atoms with Crippen molar-refractivity contribution in [2.24, 2.45) is 0 Å². The second kappa shape index (κ2) is 9.96. The number of benzene rings is 2. The maximum Gasteiger partial charge on any atom is 0.417 e. The van der Waals surface area contributed by atoms with Crippen molar-refractivity contribution >= 4 is 50.5 Å². The van der Waals surface area contributed by atoms with Gasteiger partial charge >= 0.3 is 6.18 Å². The van der Waals surface area contributed by atoms with Crippen LogP contribution in [0.5, 0.6) is 11.6 Å². The van der Waals surface area contributed by atoms with Crippen molar-refractivity contribution in [3.8, 4) is 11.6 Å². The number of aromatic nitrogens is 1. The molecule has 0 fully saturated rings. The first-order valence-corrected chi connectivity index (χ1v) is 10.3. The summed E-state index contributed by atoms with van der Waals surface area (Å²) in [6.07, 6.45) is -3.10. The Hall–Kier alpha value is -3.18. The van der Waals surface area contributed by atoms with Crippen LogP contribution in [0.15, 0.2) is 65.3 Å². The number of halogens is 4. The van der Waals surface area contributed by atoms with Crippen LogP contribution in [0.4, 0.5) is 24.5 Å². The number of carbonyl (C=O) groups is 1. The molecule has 1 heterocycles. The number of nitrogens with zero attached hydrogens (tertiary/aromatic N) is 1. The van der Waals surface area contributed by atoms with E-state index in [0.29, 0.717) is 17.0 Å². The number of anilines is 2. The van der Waals surface area contributed by atoms with Crippen LogP contribution in [0.1, 0.15) is 15.9 Å². The molecule has 0 unspecified atom stereocenters. The zero-order valence-corrected chi connectivity index (χ0v) is 18.9. The smallest absolute Gasteiger partial charge is 0.417 e. The minimum absolute atomic E-state index is 0.0590. The standard InChI is InChI=1S/C21H16BrF3N4O2S/c1-26-19(30)12-5-8-18(27-11-12)31-15-4-2-3-13(9-15)28-20(32)29-14-6-7-17(22)16(10-14)21(23,24)25/h2-11H,1H3,(H,26,30)(H2,28,29,32). The lowest BCUT2D eigenvalue weighted by Crippen LogP contribution is -2.19. The van der Waals surface area contributed by atoms with E-state index < -0.39 is 11.7 Å². The molecule has 0 saturated heterocycles. The molecule has 3 N–H and O–H groups in total. The first-order valence-electron chi connectivity index (χ1n) is 9.06. The number of ether oxygens (including phenoxy) is 1. The SMILES string of the molecule is CNC(=O)c1ccc(Oc2cccc(NC(=S)Nc3ccc(Br)c(C(F)(F)F)c3)c2)nc1. The van der Waals surface area contributed by atoms with Crippen molar-refractivity contribution in [3.63, 3.8) is 0 Å². The highest BCUT2D eigenvalue weighted by Gasteiger charge is 2.33. The summed E-state index contributed by atoms with van der Waals surface area (Å²) in [7, 11) is 1.52. The number of alkyl halides is 3. The Morgan fingerprint density at radius 1 is 1.06 bits per heavy atom. The average Bonchev–Trinajstić information content (AvgIpc) is 2.74. The van der Waals surface area contributed by atoms with Crippen molar-refractivity contribution in [1.29, 1.82) is 0 Å². The normalized spacial score (nSPS) is 10.9. The second-order valence-electron chi connectivity index (χ2n) is 6.37. The molecule has 11 heteroatoms. The van der Waals surface area contributed by atoms with Gasteiger partial charge in [0.05, 0.1) is 11.1 Å². The molecule has 0 aliphatic carbocycles. The zero-order chi connectivity index (χ0) is 23.3. The average molecular weight is 525 g/mol. The molecule has 0 radical (unpaired) electrons. The van der Waals surface area contributed by atoms with Crippen molar-refractivity contribution in [3.05, 3.63) is 76.4 Å². The third-order valence-electron chi connectivity index (χ3n) is 4.07. The summed E-state index contributed by atoms with van der Waals surface area (Å²) in [5.41, 5.74) is 0.324. The van der Waals surface area contributed by atoms with E-state index in [0.717, 1.165) is 6.07 Å². The summed E-state index contributed by atoms with van der Waals surface area (Å²) < 4.78 is 44.8. The van der Waals surface area contributed by atoms with Gasteiger partial charge in [-0.1, -0.05) is 22.0 Å². The summed E-state index contributed by atoms with van der Waals surface area (Å²) in [4.78, 5) is 15.7. The van der Waals surface area contributed by atoms with Crippen LogP contribution >= 0.6 is 28.1 Å². The van der Waals surface area contributed by atoms with E-state index in [9.17, 15) is 18.0 Å². The third kappa shape index (κ3) is 6.17. The van der Waals surface area contributed by atoms with E-state index >= 15 is 0 Å². The Kier molecular flexibility index (Phi) is 7.31. The zero-order valence-electron chi connectivity index (χ0n) is 16.5. The molecule has 0 atom stereocenters. The predicted octanol–water partition coefficient (Wildman–Crippen LogP) is 5.82. The van der Waals surface area contributed by atoms with Gasteiger partial charge in [0.15, 0.2) is 5.11 Å². The monoisotopic (exact) mass is 524 g/mol. The van der Waals surface area contributed by atoms with Gasteiger partial charge in [-0.2, -0.15) is 13.2 Å². The quantitative estimate of drug-likeness (QED) is 0.365. The third-order valence-corrected chi connectivity index (χ3v) is 4.97. The van der Waals surface area contributed by atoms with Crippen molar-refractivity contribution in [2.45, 2.75) is 6.18 Å². The molecule has 3 aromatic rings. The van der Waals surface area contributed by atoms with Gasteiger partial charge in [0.1, 0.15) is 5.75 Å². The van der Waals surface area contributed by atoms with Crippen LogP contribution in [-0.2, 0) is 6.18 Å². The highest BCUT2D eigenvalue weighted by Crippen LogP contribution is 2.36. The maximum absolute atomic E-state index is 13.1. The van der Waals surface area contributed by atoms with E-state index in [1.165, 1.54) is 25.4 Å². The maximum atomic E-state index is 13.1. The fourth-order valence-electron chi connectivity index (χ4n) is 2.59. The Morgan fingerprint density at radius 3 is 2.41 bits per heavy atom. The van der Waals surface area contributed by atoms with Gasteiger partial charge in [-0.15, -0.1) is 0 Å². The molecule has 0 aliphatic heterocycles. The second-order valence-corrected chi connectivity index (χ2v) is 7.63. The van der Waals surface area contributed by atoms with E-state index in [4.69, 9.17) is 17.0 Å². The van der Waals surface area contributed by atoms with Crippen LogP contribution in [0, 0.1) is 0 Å². The molecule has 166 valence electrons. The number of amides is 1. The number of carbonyl (C=O) groups excluding carboxylic acids is 1. The first kappa shape index (κ1) is 23.5. The summed E-state index contributed by atoms with van der Waals surface area (Å²) in [6, 6.07) is 13.6. The van der Waals surface area contributed by atoms with Crippen LogP contribution in [0.25, 0.3) is 0 Å². The molecule has 0 saturated carbocycles. The largest absolute Gasteiger partial charge is 0.439 e.